The molecule has 0 radical (unpaired) electrons. The van der Waals surface area contributed by atoms with Crippen LogP contribution in [0.15, 0.2) is 52.2 Å². The first-order valence-electron chi connectivity index (χ1n) is 6.46. The van der Waals surface area contributed by atoms with E-state index in [-0.39, 0.29) is 5.91 Å². The molecule has 1 aromatic heterocycles. The Kier molecular flexibility index (Phi) is 4.98. The second-order valence-electron chi connectivity index (χ2n) is 4.34. The van der Waals surface area contributed by atoms with Crippen molar-refractivity contribution in [3.63, 3.8) is 0 Å². The fraction of sp³-hybridized carbons (Fsp3) is 0.200. The Morgan fingerprint density at radius 2 is 2.10 bits per heavy atom. The Labute approximate surface area is 122 Å². The number of benzene rings is 1. The predicted molar refractivity (Wildman–Crippen MR) is 80.5 cm³/mol. The van der Waals surface area contributed by atoms with Crippen molar-refractivity contribution in [3.8, 4) is 5.75 Å². The van der Waals surface area contributed by atoms with Crippen molar-refractivity contribution in [2.45, 2.75) is 13.0 Å². The molecule has 6 heteroatoms. The second kappa shape index (κ2) is 7.14. The number of hydrazone groups is 1. The number of anilines is 1. The molecule has 2 aromatic rings. The molecule has 0 saturated carbocycles. The second-order valence-corrected chi connectivity index (χ2v) is 4.34. The maximum atomic E-state index is 11.9. The van der Waals surface area contributed by atoms with Crippen molar-refractivity contribution in [3.05, 3.63) is 48.4 Å². The number of carbonyl (C=O) groups is 1. The van der Waals surface area contributed by atoms with E-state index in [1.165, 1.54) is 12.5 Å². The number of furan rings is 1. The maximum Gasteiger partial charge on any atom is 0.262 e. The van der Waals surface area contributed by atoms with Gasteiger partial charge in [0.05, 0.1) is 19.6 Å². The Morgan fingerprint density at radius 1 is 1.33 bits per heavy atom. The Morgan fingerprint density at radius 3 is 2.71 bits per heavy atom. The first-order chi connectivity index (χ1) is 10.2. The zero-order valence-corrected chi connectivity index (χ0v) is 11.9. The van der Waals surface area contributed by atoms with Crippen molar-refractivity contribution in [2.75, 3.05) is 12.4 Å². The van der Waals surface area contributed by atoms with Crippen LogP contribution in [-0.4, -0.2) is 25.3 Å². The van der Waals surface area contributed by atoms with Gasteiger partial charge in [0.15, 0.2) is 0 Å². The van der Waals surface area contributed by atoms with E-state index in [1.54, 1.807) is 26.2 Å². The summed E-state index contributed by atoms with van der Waals surface area (Å²) in [6.07, 6.45) is 2.98. The summed E-state index contributed by atoms with van der Waals surface area (Å²) in [5.41, 5.74) is 3.27. The molecule has 0 fully saturated rings. The SMILES string of the molecule is COc1ccc(N[C@@H](C)C(=O)N/N=C\c2ccco2)cc1. The number of methoxy groups -OCH3 is 1. The van der Waals surface area contributed by atoms with Crippen LogP contribution in [0.1, 0.15) is 12.7 Å². The molecular formula is C15H17N3O3. The van der Waals surface area contributed by atoms with Gasteiger partial charge in [0, 0.05) is 5.69 Å². The fourth-order valence-electron chi connectivity index (χ4n) is 1.62. The van der Waals surface area contributed by atoms with Crippen LogP contribution in [0, 0.1) is 0 Å². The van der Waals surface area contributed by atoms with Crippen molar-refractivity contribution < 1.29 is 13.9 Å². The summed E-state index contributed by atoms with van der Waals surface area (Å²) < 4.78 is 10.1. The summed E-state index contributed by atoms with van der Waals surface area (Å²) in [4.78, 5) is 11.9. The molecule has 1 aromatic carbocycles. The quantitative estimate of drug-likeness (QED) is 0.631. The number of hydrogen-bond donors (Lipinski definition) is 2. The zero-order chi connectivity index (χ0) is 15.1. The Bertz CT molecular complexity index is 591. The molecule has 0 aliphatic carbocycles. The van der Waals surface area contributed by atoms with Crippen LogP contribution >= 0.6 is 0 Å². The highest BCUT2D eigenvalue weighted by atomic mass is 16.5. The van der Waals surface area contributed by atoms with Gasteiger partial charge < -0.3 is 14.5 Å². The summed E-state index contributed by atoms with van der Waals surface area (Å²) in [6, 6.07) is 10.4. The van der Waals surface area contributed by atoms with Gasteiger partial charge in [-0.05, 0) is 43.3 Å². The maximum absolute atomic E-state index is 11.9. The highest BCUT2D eigenvalue weighted by Crippen LogP contribution is 2.15. The zero-order valence-electron chi connectivity index (χ0n) is 11.9. The van der Waals surface area contributed by atoms with E-state index in [4.69, 9.17) is 9.15 Å². The molecule has 1 amide bonds. The topological polar surface area (TPSA) is 75.9 Å². The Hall–Kier alpha value is -2.76. The summed E-state index contributed by atoms with van der Waals surface area (Å²) in [5.74, 6) is 1.10. The number of nitrogens with zero attached hydrogens (tertiary/aromatic N) is 1. The molecule has 21 heavy (non-hydrogen) atoms. The largest absolute Gasteiger partial charge is 0.497 e. The average molecular weight is 287 g/mol. The van der Waals surface area contributed by atoms with Crippen molar-refractivity contribution >= 4 is 17.8 Å². The minimum atomic E-state index is -0.424. The lowest BCUT2D eigenvalue weighted by atomic mass is 10.2. The van der Waals surface area contributed by atoms with Gasteiger partial charge in [-0.2, -0.15) is 5.10 Å². The molecule has 0 bridgehead atoms. The van der Waals surface area contributed by atoms with Gasteiger partial charge in [0.1, 0.15) is 17.6 Å². The van der Waals surface area contributed by atoms with Crippen LogP contribution in [0.25, 0.3) is 0 Å². The van der Waals surface area contributed by atoms with E-state index in [9.17, 15) is 4.79 Å². The van der Waals surface area contributed by atoms with Crippen LogP contribution in [-0.2, 0) is 4.79 Å². The predicted octanol–water partition coefficient (Wildman–Crippen LogP) is 2.24. The van der Waals surface area contributed by atoms with Crippen LogP contribution in [0.5, 0.6) is 5.75 Å². The van der Waals surface area contributed by atoms with Crippen molar-refractivity contribution in [2.24, 2.45) is 5.10 Å². The summed E-state index contributed by atoms with van der Waals surface area (Å²) in [6.45, 7) is 1.75. The van der Waals surface area contributed by atoms with Crippen LogP contribution in [0.4, 0.5) is 5.69 Å². The first-order valence-corrected chi connectivity index (χ1v) is 6.46. The van der Waals surface area contributed by atoms with Gasteiger partial charge in [0.25, 0.3) is 5.91 Å². The van der Waals surface area contributed by atoms with Crippen LogP contribution < -0.4 is 15.5 Å². The number of hydrogen-bond acceptors (Lipinski definition) is 5. The minimum Gasteiger partial charge on any atom is -0.497 e. The summed E-state index contributed by atoms with van der Waals surface area (Å²) in [7, 11) is 1.61. The minimum absolute atomic E-state index is 0.242. The van der Waals surface area contributed by atoms with Gasteiger partial charge >= 0.3 is 0 Å². The molecule has 6 nitrogen and oxygen atoms in total. The highest BCUT2D eigenvalue weighted by molar-refractivity contribution is 5.85. The van der Waals surface area contributed by atoms with Gasteiger partial charge in [-0.25, -0.2) is 5.43 Å². The van der Waals surface area contributed by atoms with E-state index in [1.807, 2.05) is 24.3 Å². The average Bonchev–Trinajstić information content (AvgIpc) is 3.01. The number of carbonyl (C=O) groups excluding carboxylic acids is 1. The molecule has 110 valence electrons. The molecule has 0 unspecified atom stereocenters. The third kappa shape index (κ3) is 4.38. The Balaban J connectivity index is 1.84. The van der Waals surface area contributed by atoms with Crippen molar-refractivity contribution in [1.82, 2.24) is 5.43 Å². The van der Waals surface area contributed by atoms with E-state index in [2.05, 4.69) is 15.8 Å². The molecular weight excluding hydrogens is 270 g/mol. The van der Waals surface area contributed by atoms with Gasteiger partial charge in [-0.3, -0.25) is 4.79 Å². The van der Waals surface area contributed by atoms with Crippen LogP contribution in [0.3, 0.4) is 0 Å². The lowest BCUT2D eigenvalue weighted by Gasteiger charge is -2.13. The van der Waals surface area contributed by atoms with Gasteiger partial charge in [-0.1, -0.05) is 0 Å². The molecule has 1 atom stereocenters. The molecule has 0 saturated heterocycles. The summed E-state index contributed by atoms with van der Waals surface area (Å²) >= 11 is 0. The standard InChI is InChI=1S/C15H17N3O3/c1-11(17-12-5-7-13(20-2)8-6-12)15(19)18-16-10-14-4-3-9-21-14/h3-11,17H,1-2H3,(H,18,19)/b16-10-/t11-/m0/s1. The molecule has 2 N–H and O–H groups in total. The number of rotatable bonds is 6. The lowest BCUT2D eigenvalue weighted by molar-refractivity contribution is -0.121. The molecule has 0 spiro atoms. The molecule has 0 aliphatic heterocycles. The van der Waals surface area contributed by atoms with E-state index in [0.29, 0.717) is 5.76 Å². The van der Waals surface area contributed by atoms with Gasteiger partial charge in [0.2, 0.25) is 0 Å². The number of ether oxygens (including phenoxy) is 1. The van der Waals surface area contributed by atoms with E-state index < -0.39 is 6.04 Å². The molecule has 2 rings (SSSR count). The molecule has 0 aliphatic rings. The fourth-order valence-corrected chi connectivity index (χ4v) is 1.62. The molecule has 1 heterocycles. The van der Waals surface area contributed by atoms with Gasteiger partial charge in [-0.15, -0.1) is 0 Å². The van der Waals surface area contributed by atoms with Crippen molar-refractivity contribution in [1.29, 1.82) is 0 Å². The number of nitrogens with one attached hydrogen (secondary N) is 2. The normalized spacial score (nSPS) is 12.1. The number of amides is 1. The van der Waals surface area contributed by atoms with Crippen LogP contribution in [0.2, 0.25) is 0 Å². The monoisotopic (exact) mass is 287 g/mol. The lowest BCUT2D eigenvalue weighted by Crippen LogP contribution is -2.34. The van der Waals surface area contributed by atoms with E-state index >= 15 is 0 Å². The van der Waals surface area contributed by atoms with E-state index in [0.717, 1.165) is 11.4 Å². The smallest absolute Gasteiger partial charge is 0.262 e. The third-order valence-corrected chi connectivity index (χ3v) is 2.78. The highest BCUT2D eigenvalue weighted by Gasteiger charge is 2.11. The first kappa shape index (κ1) is 14.6. The third-order valence-electron chi connectivity index (χ3n) is 2.78. The summed E-state index contributed by atoms with van der Waals surface area (Å²) in [5, 5.41) is 6.90.